The maximum absolute atomic E-state index is 12.9. The highest BCUT2D eigenvalue weighted by atomic mass is 32.2. The molecule has 2 amide bonds. The van der Waals surface area contributed by atoms with Crippen LogP contribution in [-0.2, 0) is 0 Å². The number of hydrogen-bond acceptors (Lipinski definition) is 2. The zero-order valence-electron chi connectivity index (χ0n) is 9.24. The summed E-state index contributed by atoms with van der Waals surface area (Å²) in [4.78, 5) is 13.5. The number of carbonyl (C=O) groups excluding carboxylic acids is 1. The average Bonchev–Trinajstić information content (AvgIpc) is 2.70. The fourth-order valence-corrected chi connectivity index (χ4v) is 2.65. The molecule has 0 aliphatic carbocycles. The van der Waals surface area contributed by atoms with E-state index in [4.69, 9.17) is 0 Å². The van der Waals surface area contributed by atoms with Gasteiger partial charge < -0.3 is 10.2 Å². The lowest BCUT2D eigenvalue weighted by Crippen LogP contribution is -2.36. The van der Waals surface area contributed by atoms with Crippen molar-refractivity contribution in [3.05, 3.63) is 29.8 Å². The fraction of sp³-hybridized carbons (Fsp3) is 0.364. The predicted molar refractivity (Wildman–Crippen MR) is 64.0 cm³/mol. The smallest absolute Gasteiger partial charge is 0.312 e. The van der Waals surface area contributed by atoms with Gasteiger partial charge in [0.2, 0.25) is 0 Å². The molecule has 1 aromatic carbocycles. The van der Waals surface area contributed by atoms with Gasteiger partial charge in [0.1, 0.15) is 0 Å². The van der Waals surface area contributed by atoms with E-state index >= 15 is 0 Å². The first-order valence-corrected chi connectivity index (χ1v) is 6.27. The number of thioether (sulfide) groups is 1. The van der Waals surface area contributed by atoms with Crippen LogP contribution in [0, 0.1) is 11.6 Å². The van der Waals surface area contributed by atoms with Crippen molar-refractivity contribution in [2.24, 2.45) is 0 Å². The monoisotopic (exact) mass is 258 g/mol. The number of nitrogens with one attached hydrogen (secondary N) is 1. The minimum atomic E-state index is -0.966. The third kappa shape index (κ3) is 2.69. The van der Waals surface area contributed by atoms with Crippen LogP contribution in [0.5, 0.6) is 0 Å². The highest BCUT2D eigenvalue weighted by Gasteiger charge is 2.25. The second-order valence-electron chi connectivity index (χ2n) is 3.72. The molecule has 1 heterocycles. The zero-order valence-corrected chi connectivity index (χ0v) is 10.1. The lowest BCUT2D eigenvalue weighted by atomic mass is 10.3. The van der Waals surface area contributed by atoms with Crippen molar-refractivity contribution in [1.29, 1.82) is 0 Å². The topological polar surface area (TPSA) is 32.3 Å². The van der Waals surface area contributed by atoms with E-state index in [-0.39, 0.29) is 17.1 Å². The summed E-state index contributed by atoms with van der Waals surface area (Å²) in [6.07, 6.45) is 0. The predicted octanol–water partition coefficient (Wildman–Crippen LogP) is 2.89. The van der Waals surface area contributed by atoms with Gasteiger partial charge in [0.25, 0.3) is 0 Å². The van der Waals surface area contributed by atoms with Crippen LogP contribution in [0.15, 0.2) is 18.2 Å². The summed E-state index contributed by atoms with van der Waals surface area (Å²) in [5.74, 6) is -0.994. The van der Waals surface area contributed by atoms with Gasteiger partial charge in [-0.25, -0.2) is 13.6 Å². The van der Waals surface area contributed by atoms with Crippen molar-refractivity contribution < 1.29 is 13.6 Å². The largest absolute Gasteiger partial charge is 0.322 e. The minimum absolute atomic E-state index is 0.111. The number of hydrogen-bond donors (Lipinski definition) is 1. The van der Waals surface area contributed by atoms with Crippen LogP contribution in [0.2, 0.25) is 0 Å². The second-order valence-corrected chi connectivity index (χ2v) is 5.15. The molecule has 1 N–H and O–H groups in total. The third-order valence-corrected chi connectivity index (χ3v) is 3.72. The van der Waals surface area contributed by atoms with Crippen LogP contribution in [0.4, 0.5) is 19.3 Å². The maximum Gasteiger partial charge on any atom is 0.322 e. The first-order chi connectivity index (χ1) is 8.08. The van der Waals surface area contributed by atoms with Gasteiger partial charge in [0.15, 0.2) is 11.6 Å². The van der Waals surface area contributed by atoms with E-state index in [1.807, 2.05) is 6.92 Å². The molecule has 0 aromatic heterocycles. The van der Waals surface area contributed by atoms with E-state index in [0.717, 1.165) is 17.9 Å². The van der Waals surface area contributed by atoms with Crippen LogP contribution in [0.3, 0.4) is 0 Å². The molecule has 1 fully saturated rings. The molecule has 92 valence electrons. The Labute approximate surface area is 102 Å². The number of carbonyl (C=O) groups is 1. The Balaban J connectivity index is 2.05. The third-order valence-electron chi connectivity index (χ3n) is 2.56. The van der Waals surface area contributed by atoms with Crippen LogP contribution < -0.4 is 5.32 Å². The summed E-state index contributed by atoms with van der Waals surface area (Å²) in [7, 11) is 0. The summed E-state index contributed by atoms with van der Waals surface area (Å²) in [6, 6.07) is 3.02. The van der Waals surface area contributed by atoms with Crippen LogP contribution in [0.1, 0.15) is 6.92 Å². The molecule has 0 saturated carbocycles. The molecule has 1 aliphatic rings. The first-order valence-electron chi connectivity index (χ1n) is 5.22. The summed E-state index contributed by atoms with van der Waals surface area (Å²) in [5.41, 5.74) is 0.262. The Morgan fingerprint density at radius 2 is 2.24 bits per heavy atom. The molecular weight excluding hydrogens is 246 g/mol. The molecule has 1 aromatic rings. The number of halogens is 2. The van der Waals surface area contributed by atoms with Crippen molar-refractivity contribution in [2.45, 2.75) is 12.3 Å². The lowest BCUT2D eigenvalue weighted by Gasteiger charge is -2.20. The van der Waals surface area contributed by atoms with Crippen molar-refractivity contribution in [2.75, 3.05) is 17.6 Å². The second kappa shape index (κ2) is 4.91. The molecule has 1 unspecified atom stereocenters. The maximum atomic E-state index is 12.9. The Kier molecular flexibility index (Phi) is 3.51. The van der Waals surface area contributed by atoms with Crippen molar-refractivity contribution in [3.63, 3.8) is 0 Å². The Hall–Kier alpha value is -1.30. The van der Waals surface area contributed by atoms with Crippen molar-refractivity contribution >= 4 is 23.5 Å². The van der Waals surface area contributed by atoms with Gasteiger partial charge in [-0.2, -0.15) is 0 Å². The first kappa shape index (κ1) is 12.2. The van der Waals surface area contributed by atoms with E-state index in [2.05, 4.69) is 5.32 Å². The Morgan fingerprint density at radius 3 is 2.82 bits per heavy atom. The van der Waals surface area contributed by atoms with E-state index in [9.17, 15) is 13.6 Å². The van der Waals surface area contributed by atoms with Gasteiger partial charge in [-0.1, -0.05) is 0 Å². The zero-order chi connectivity index (χ0) is 12.4. The molecule has 0 bridgehead atoms. The fourth-order valence-electron chi connectivity index (χ4n) is 1.63. The Morgan fingerprint density at radius 1 is 1.47 bits per heavy atom. The van der Waals surface area contributed by atoms with E-state index in [0.29, 0.717) is 6.54 Å². The molecule has 3 nitrogen and oxygen atoms in total. The van der Waals surface area contributed by atoms with Crippen LogP contribution in [-0.4, -0.2) is 28.6 Å². The van der Waals surface area contributed by atoms with E-state index in [1.165, 1.54) is 6.07 Å². The molecule has 0 radical (unpaired) electrons. The van der Waals surface area contributed by atoms with Crippen molar-refractivity contribution in [1.82, 2.24) is 4.90 Å². The highest BCUT2D eigenvalue weighted by Crippen LogP contribution is 2.24. The SMILES string of the molecule is CC1SCCN1C(=O)Nc1ccc(F)c(F)c1. The van der Waals surface area contributed by atoms with Crippen LogP contribution >= 0.6 is 11.8 Å². The number of amides is 2. The van der Waals surface area contributed by atoms with Gasteiger partial charge in [-0.15, -0.1) is 11.8 Å². The van der Waals surface area contributed by atoms with E-state index < -0.39 is 11.6 Å². The normalized spacial score (nSPS) is 19.5. The molecule has 1 atom stereocenters. The van der Waals surface area contributed by atoms with Crippen LogP contribution in [0.25, 0.3) is 0 Å². The number of nitrogens with zero attached hydrogens (tertiary/aromatic N) is 1. The van der Waals surface area contributed by atoms with Gasteiger partial charge in [0, 0.05) is 24.1 Å². The standard InChI is InChI=1S/C11H12F2N2OS/c1-7-15(4-5-17-7)11(16)14-8-2-3-9(12)10(13)6-8/h2-3,6-7H,4-5H2,1H3,(H,14,16). The summed E-state index contributed by atoms with van der Waals surface area (Å²) >= 11 is 1.68. The number of rotatable bonds is 1. The quantitative estimate of drug-likeness (QED) is 0.840. The van der Waals surface area contributed by atoms with E-state index in [1.54, 1.807) is 16.7 Å². The number of urea groups is 1. The molecule has 0 spiro atoms. The summed E-state index contributed by atoms with van der Waals surface area (Å²) in [6.45, 7) is 2.60. The minimum Gasteiger partial charge on any atom is -0.312 e. The molecule has 6 heteroatoms. The van der Waals surface area contributed by atoms with Gasteiger partial charge in [-0.05, 0) is 19.1 Å². The highest BCUT2D eigenvalue weighted by molar-refractivity contribution is 8.00. The number of anilines is 1. The summed E-state index contributed by atoms with van der Waals surface area (Å²) in [5, 5.41) is 2.66. The summed E-state index contributed by atoms with van der Waals surface area (Å²) < 4.78 is 25.6. The lowest BCUT2D eigenvalue weighted by molar-refractivity contribution is 0.216. The molecule has 1 aliphatic heterocycles. The molecule has 17 heavy (non-hydrogen) atoms. The van der Waals surface area contributed by atoms with Crippen molar-refractivity contribution in [3.8, 4) is 0 Å². The van der Waals surface area contributed by atoms with Gasteiger partial charge in [-0.3, -0.25) is 0 Å². The molecule has 2 rings (SSSR count). The average molecular weight is 258 g/mol. The van der Waals surface area contributed by atoms with Gasteiger partial charge >= 0.3 is 6.03 Å². The molecule has 1 saturated heterocycles. The number of benzene rings is 1. The molecular formula is C11H12F2N2OS. The van der Waals surface area contributed by atoms with Gasteiger partial charge in [0.05, 0.1) is 5.37 Å². The Bertz CT molecular complexity index is 441.